The molecule has 150 valence electrons. The lowest BCUT2D eigenvalue weighted by atomic mass is 10.2. The van der Waals surface area contributed by atoms with E-state index in [1.807, 2.05) is 0 Å². The number of carbonyl (C=O) groups is 2. The average Bonchev–Trinajstić information content (AvgIpc) is 3.39. The zero-order valence-corrected chi connectivity index (χ0v) is 14.6. The third kappa shape index (κ3) is 3.44. The van der Waals surface area contributed by atoms with E-state index in [4.69, 9.17) is 0 Å². The molecule has 0 spiro atoms. The predicted molar refractivity (Wildman–Crippen MR) is 94.4 cm³/mol. The number of hydrogen-bond acceptors (Lipinski definition) is 6. The van der Waals surface area contributed by atoms with Crippen molar-refractivity contribution in [3.05, 3.63) is 41.9 Å². The van der Waals surface area contributed by atoms with Crippen LogP contribution in [0, 0.1) is 0 Å². The molecule has 0 radical (unpaired) electrons. The Balaban J connectivity index is 1.86. The van der Waals surface area contributed by atoms with Crippen LogP contribution in [-0.4, -0.2) is 43.1 Å². The molecule has 9 nitrogen and oxygen atoms in total. The highest BCUT2D eigenvalue weighted by Crippen LogP contribution is 2.37. The molecule has 0 aliphatic heterocycles. The monoisotopic (exact) mass is 406 g/mol. The van der Waals surface area contributed by atoms with Crippen LogP contribution in [0.5, 0.6) is 0 Å². The number of nitrogens with one attached hydrogen (secondary N) is 1. The summed E-state index contributed by atoms with van der Waals surface area (Å²) in [7, 11) is 0. The highest BCUT2D eigenvalue weighted by molar-refractivity contribution is 5.90. The maximum Gasteiger partial charge on any atom is 0.419 e. The molecule has 3 aromatic heterocycles. The first-order valence-corrected chi connectivity index (χ1v) is 8.44. The summed E-state index contributed by atoms with van der Waals surface area (Å²) in [6.45, 7) is 0. The molecule has 29 heavy (non-hydrogen) atoms. The fraction of sp³-hybridized carbons (Fsp3) is 0.235. The Morgan fingerprint density at radius 2 is 2.10 bits per heavy atom. The smallest absolute Gasteiger partial charge is 0.419 e. The second-order valence-electron chi connectivity index (χ2n) is 6.38. The van der Waals surface area contributed by atoms with Gasteiger partial charge in [-0.25, -0.2) is 9.78 Å². The van der Waals surface area contributed by atoms with Gasteiger partial charge in [0.25, 0.3) is 0 Å². The van der Waals surface area contributed by atoms with Crippen molar-refractivity contribution in [2.75, 3.05) is 10.2 Å². The maximum absolute atomic E-state index is 13.3. The number of carboxylic acid groups (broad SMARTS) is 1. The zero-order chi connectivity index (χ0) is 20.8. The summed E-state index contributed by atoms with van der Waals surface area (Å²) >= 11 is 0. The standard InChI is InChI=1S/C17H13F3N6O3/c18-17(19,20)11-7-21-4-3-12(11)23-13-5-14(25(16(28)29)10-1-2-10)26-15(24-13)9(8-27)6-22-26/h3-8,10H,1-2H2,(H,28,29)(H,21,23,24). The van der Waals surface area contributed by atoms with E-state index in [2.05, 4.69) is 20.4 Å². The summed E-state index contributed by atoms with van der Waals surface area (Å²) < 4.78 is 40.9. The second-order valence-corrected chi connectivity index (χ2v) is 6.38. The fourth-order valence-electron chi connectivity index (χ4n) is 2.92. The van der Waals surface area contributed by atoms with Crippen molar-refractivity contribution >= 4 is 35.3 Å². The van der Waals surface area contributed by atoms with Gasteiger partial charge in [0, 0.05) is 24.5 Å². The lowest BCUT2D eigenvalue weighted by Crippen LogP contribution is -2.33. The van der Waals surface area contributed by atoms with E-state index in [0.717, 1.165) is 11.0 Å². The van der Waals surface area contributed by atoms with E-state index >= 15 is 0 Å². The maximum atomic E-state index is 13.3. The molecule has 12 heteroatoms. The molecule has 4 rings (SSSR count). The van der Waals surface area contributed by atoms with E-state index < -0.39 is 17.8 Å². The molecule has 3 heterocycles. The minimum atomic E-state index is -4.66. The predicted octanol–water partition coefficient (Wildman–Crippen LogP) is 3.35. The Labute approximate surface area is 160 Å². The highest BCUT2D eigenvalue weighted by atomic mass is 19.4. The van der Waals surface area contributed by atoms with Crippen LogP contribution in [0.25, 0.3) is 5.65 Å². The number of rotatable bonds is 5. The van der Waals surface area contributed by atoms with Crippen LogP contribution >= 0.6 is 0 Å². The lowest BCUT2D eigenvalue weighted by molar-refractivity contribution is -0.137. The van der Waals surface area contributed by atoms with Crippen molar-refractivity contribution < 1.29 is 27.9 Å². The van der Waals surface area contributed by atoms with Crippen LogP contribution < -0.4 is 10.2 Å². The van der Waals surface area contributed by atoms with Gasteiger partial charge in [-0.05, 0) is 18.9 Å². The molecule has 1 aliphatic carbocycles. The van der Waals surface area contributed by atoms with Gasteiger partial charge in [-0.3, -0.25) is 14.7 Å². The largest absolute Gasteiger partial charge is 0.465 e. The van der Waals surface area contributed by atoms with Gasteiger partial charge in [-0.15, -0.1) is 0 Å². The second kappa shape index (κ2) is 6.72. The van der Waals surface area contributed by atoms with E-state index in [9.17, 15) is 27.9 Å². The Bertz CT molecular complexity index is 1110. The van der Waals surface area contributed by atoms with Crippen molar-refractivity contribution in [2.24, 2.45) is 0 Å². The van der Waals surface area contributed by atoms with Crippen molar-refractivity contribution in [2.45, 2.75) is 25.1 Å². The number of fused-ring (bicyclic) bond motifs is 1. The van der Waals surface area contributed by atoms with Gasteiger partial charge in [0.05, 0.1) is 23.0 Å². The number of hydrogen-bond donors (Lipinski definition) is 2. The molecule has 0 saturated heterocycles. The summed E-state index contributed by atoms with van der Waals surface area (Å²) in [4.78, 5) is 31.8. The van der Waals surface area contributed by atoms with E-state index in [0.29, 0.717) is 25.3 Å². The summed E-state index contributed by atoms with van der Waals surface area (Å²) in [5, 5.41) is 16.2. The summed E-state index contributed by atoms with van der Waals surface area (Å²) in [5.41, 5.74) is -1.23. The first-order valence-electron chi connectivity index (χ1n) is 8.44. The third-order valence-electron chi connectivity index (χ3n) is 4.36. The summed E-state index contributed by atoms with van der Waals surface area (Å²) in [6, 6.07) is 2.13. The third-order valence-corrected chi connectivity index (χ3v) is 4.36. The highest BCUT2D eigenvalue weighted by Gasteiger charge is 2.37. The SMILES string of the molecule is O=Cc1cnn2c(N(C(=O)O)C3CC3)cc(Nc3ccncc3C(F)(F)F)nc12. The van der Waals surface area contributed by atoms with Gasteiger partial charge in [-0.1, -0.05) is 0 Å². The van der Waals surface area contributed by atoms with E-state index in [-0.39, 0.29) is 34.6 Å². The summed E-state index contributed by atoms with van der Waals surface area (Å²) in [5.74, 6) is 0.00270. The average molecular weight is 406 g/mol. The number of pyridine rings is 1. The molecule has 1 aliphatic rings. The van der Waals surface area contributed by atoms with Crippen molar-refractivity contribution in [1.29, 1.82) is 0 Å². The van der Waals surface area contributed by atoms with Gasteiger partial charge in [-0.2, -0.15) is 22.8 Å². The van der Waals surface area contributed by atoms with Crippen LogP contribution in [0.2, 0.25) is 0 Å². The topological polar surface area (TPSA) is 113 Å². The molecule has 1 saturated carbocycles. The molecule has 1 amide bonds. The lowest BCUT2D eigenvalue weighted by Gasteiger charge is -2.21. The van der Waals surface area contributed by atoms with E-state index in [1.165, 1.54) is 23.0 Å². The molecular weight excluding hydrogens is 393 g/mol. The zero-order valence-electron chi connectivity index (χ0n) is 14.6. The minimum Gasteiger partial charge on any atom is -0.465 e. The molecule has 0 aromatic carbocycles. The fourth-order valence-corrected chi connectivity index (χ4v) is 2.92. The quantitative estimate of drug-likeness (QED) is 0.625. The molecule has 0 bridgehead atoms. The number of amides is 1. The number of anilines is 3. The molecule has 3 aromatic rings. The number of carbonyl (C=O) groups excluding carboxylic acids is 1. The van der Waals surface area contributed by atoms with Crippen molar-refractivity contribution in [3.63, 3.8) is 0 Å². The van der Waals surface area contributed by atoms with Crippen LogP contribution in [0.15, 0.2) is 30.7 Å². The van der Waals surface area contributed by atoms with Gasteiger partial charge in [0.15, 0.2) is 11.9 Å². The Kier molecular flexibility index (Phi) is 4.32. The molecule has 0 atom stereocenters. The number of aromatic nitrogens is 4. The van der Waals surface area contributed by atoms with E-state index in [1.54, 1.807) is 0 Å². The number of halogens is 3. The minimum absolute atomic E-state index is 0.0227. The van der Waals surface area contributed by atoms with Crippen LogP contribution in [0.4, 0.5) is 35.3 Å². The van der Waals surface area contributed by atoms with Gasteiger partial charge < -0.3 is 10.4 Å². The van der Waals surface area contributed by atoms with Gasteiger partial charge in [0.1, 0.15) is 11.6 Å². The molecule has 1 fully saturated rings. The Morgan fingerprint density at radius 1 is 1.34 bits per heavy atom. The number of alkyl halides is 3. The Hall–Kier alpha value is -3.70. The van der Waals surface area contributed by atoms with Crippen LogP contribution in [-0.2, 0) is 6.18 Å². The number of nitrogens with zero attached hydrogens (tertiary/aromatic N) is 5. The van der Waals surface area contributed by atoms with Gasteiger partial charge >= 0.3 is 12.3 Å². The van der Waals surface area contributed by atoms with Crippen molar-refractivity contribution in [1.82, 2.24) is 19.6 Å². The van der Waals surface area contributed by atoms with Crippen LogP contribution in [0.1, 0.15) is 28.8 Å². The van der Waals surface area contributed by atoms with Gasteiger partial charge in [0.2, 0.25) is 0 Å². The molecular formula is C17H13F3N6O3. The summed E-state index contributed by atoms with van der Waals surface area (Å²) in [6.07, 6.45) is -1.07. The first kappa shape index (κ1) is 18.7. The van der Waals surface area contributed by atoms with Crippen LogP contribution in [0.3, 0.4) is 0 Å². The molecule has 0 unspecified atom stereocenters. The normalized spacial score (nSPS) is 14.0. The first-order chi connectivity index (χ1) is 13.8. The Morgan fingerprint density at radius 3 is 2.72 bits per heavy atom. The van der Waals surface area contributed by atoms with Crippen molar-refractivity contribution in [3.8, 4) is 0 Å². The number of aldehydes is 1. The molecule has 2 N–H and O–H groups in total.